The van der Waals surface area contributed by atoms with Crippen LogP contribution < -0.4 is 23.8 Å². The molecule has 0 radical (unpaired) electrons. The number of hydrogen-bond donors (Lipinski definition) is 1. The molecular weight excluding hydrogens is 444 g/mol. The molecule has 0 aromatic heterocycles. The van der Waals surface area contributed by atoms with Crippen LogP contribution in [0.25, 0.3) is 0 Å². The van der Waals surface area contributed by atoms with E-state index in [1.807, 2.05) is 13.0 Å². The molecule has 0 fully saturated rings. The molecule has 0 aliphatic carbocycles. The van der Waals surface area contributed by atoms with Crippen molar-refractivity contribution in [2.45, 2.75) is 18.4 Å². The van der Waals surface area contributed by atoms with Gasteiger partial charge in [-0.1, -0.05) is 23.8 Å². The highest BCUT2D eigenvalue weighted by Crippen LogP contribution is 2.32. The van der Waals surface area contributed by atoms with E-state index in [0.29, 0.717) is 22.9 Å². The number of nitrogens with one attached hydrogen (secondary N) is 1. The number of carbonyl (C=O) groups is 1. The smallest absolute Gasteiger partial charge is 0.264 e. The Morgan fingerprint density at radius 3 is 2.39 bits per heavy atom. The lowest BCUT2D eigenvalue weighted by Crippen LogP contribution is -2.40. The van der Waals surface area contributed by atoms with Crippen LogP contribution in [0.2, 0.25) is 0 Å². The van der Waals surface area contributed by atoms with Gasteiger partial charge in [-0.25, -0.2) is 8.42 Å². The second-order valence-corrected chi connectivity index (χ2v) is 9.35. The molecule has 1 aliphatic heterocycles. The van der Waals surface area contributed by atoms with Crippen LogP contribution in [0.1, 0.15) is 11.1 Å². The van der Waals surface area contributed by atoms with Crippen molar-refractivity contribution in [3.8, 4) is 17.2 Å². The van der Waals surface area contributed by atoms with Gasteiger partial charge in [-0.05, 0) is 61.0 Å². The predicted octanol–water partition coefficient (Wildman–Crippen LogP) is 3.24. The Morgan fingerprint density at radius 1 is 1.00 bits per heavy atom. The number of carbonyl (C=O) groups excluding carboxylic acids is 1. The highest BCUT2D eigenvalue weighted by Gasteiger charge is 2.27. The van der Waals surface area contributed by atoms with Crippen molar-refractivity contribution in [1.82, 2.24) is 5.32 Å². The minimum atomic E-state index is -4.00. The first kappa shape index (κ1) is 22.5. The molecule has 1 heterocycles. The Kier molecular flexibility index (Phi) is 6.41. The van der Waals surface area contributed by atoms with Gasteiger partial charge in [0.2, 0.25) is 12.7 Å². The van der Waals surface area contributed by atoms with Gasteiger partial charge in [0.05, 0.1) is 17.7 Å². The molecule has 33 heavy (non-hydrogen) atoms. The van der Waals surface area contributed by atoms with Crippen LogP contribution in [0, 0.1) is 6.92 Å². The molecule has 3 aromatic carbocycles. The Bertz CT molecular complexity index is 1240. The molecule has 1 N–H and O–H groups in total. The third-order valence-corrected chi connectivity index (χ3v) is 6.97. The zero-order valence-electron chi connectivity index (χ0n) is 18.3. The van der Waals surface area contributed by atoms with Crippen molar-refractivity contribution in [3.05, 3.63) is 77.9 Å². The molecule has 0 spiro atoms. The SMILES string of the molecule is COc1ccc(S(=O)(=O)N(CC(=O)NCc2ccc3c(c2)OCO3)c2ccc(C)cc2)cc1. The molecule has 1 aliphatic rings. The largest absolute Gasteiger partial charge is 0.497 e. The maximum atomic E-state index is 13.4. The van der Waals surface area contributed by atoms with Gasteiger partial charge in [0, 0.05) is 6.54 Å². The molecule has 0 unspecified atom stereocenters. The normalized spacial score (nSPS) is 12.3. The summed E-state index contributed by atoms with van der Waals surface area (Å²) in [5.41, 5.74) is 2.19. The summed E-state index contributed by atoms with van der Waals surface area (Å²) in [4.78, 5) is 12.8. The topological polar surface area (TPSA) is 94.2 Å². The molecular formula is C24H24N2O6S. The van der Waals surface area contributed by atoms with E-state index in [1.54, 1.807) is 48.5 Å². The number of fused-ring (bicyclic) bond motifs is 1. The molecule has 0 bridgehead atoms. The van der Waals surface area contributed by atoms with E-state index in [0.717, 1.165) is 15.4 Å². The van der Waals surface area contributed by atoms with Gasteiger partial charge >= 0.3 is 0 Å². The monoisotopic (exact) mass is 468 g/mol. The van der Waals surface area contributed by atoms with E-state index >= 15 is 0 Å². The maximum absolute atomic E-state index is 13.4. The number of hydrogen-bond acceptors (Lipinski definition) is 6. The van der Waals surface area contributed by atoms with Crippen molar-refractivity contribution in [2.24, 2.45) is 0 Å². The molecule has 0 saturated carbocycles. The molecule has 3 aromatic rings. The summed E-state index contributed by atoms with van der Waals surface area (Å²) in [6.45, 7) is 1.92. The molecule has 1 amide bonds. The Hall–Kier alpha value is -3.72. The van der Waals surface area contributed by atoms with Crippen LogP contribution in [0.3, 0.4) is 0 Å². The number of ether oxygens (including phenoxy) is 3. The number of nitrogens with zero attached hydrogens (tertiary/aromatic N) is 1. The van der Waals surface area contributed by atoms with Crippen molar-refractivity contribution >= 4 is 21.6 Å². The van der Waals surface area contributed by atoms with Crippen LogP contribution in [0.4, 0.5) is 5.69 Å². The fourth-order valence-electron chi connectivity index (χ4n) is 3.34. The number of sulfonamides is 1. The minimum absolute atomic E-state index is 0.0624. The van der Waals surface area contributed by atoms with Crippen LogP contribution in [0.15, 0.2) is 71.6 Å². The number of amides is 1. The Balaban J connectivity index is 1.54. The number of methoxy groups -OCH3 is 1. The predicted molar refractivity (Wildman–Crippen MR) is 123 cm³/mol. The Morgan fingerprint density at radius 2 is 1.70 bits per heavy atom. The lowest BCUT2D eigenvalue weighted by atomic mass is 10.2. The van der Waals surface area contributed by atoms with Crippen LogP contribution in [-0.4, -0.2) is 34.8 Å². The zero-order chi connectivity index (χ0) is 23.4. The van der Waals surface area contributed by atoms with E-state index in [-0.39, 0.29) is 24.8 Å². The molecule has 8 nitrogen and oxygen atoms in total. The summed E-state index contributed by atoms with van der Waals surface area (Å²) < 4.78 is 43.7. The second kappa shape index (κ2) is 9.41. The molecule has 9 heteroatoms. The number of benzene rings is 3. The zero-order valence-corrected chi connectivity index (χ0v) is 19.1. The fraction of sp³-hybridized carbons (Fsp3) is 0.208. The third kappa shape index (κ3) is 5.04. The van der Waals surface area contributed by atoms with Crippen molar-refractivity contribution in [3.63, 3.8) is 0 Å². The summed E-state index contributed by atoms with van der Waals surface area (Å²) in [5.74, 6) is 1.37. The maximum Gasteiger partial charge on any atom is 0.264 e. The van der Waals surface area contributed by atoms with E-state index in [4.69, 9.17) is 14.2 Å². The molecule has 172 valence electrons. The van der Waals surface area contributed by atoms with Gasteiger partial charge in [0.1, 0.15) is 12.3 Å². The average Bonchev–Trinajstić information content (AvgIpc) is 3.30. The Labute approximate surface area is 192 Å². The van der Waals surface area contributed by atoms with Gasteiger partial charge in [0.15, 0.2) is 11.5 Å². The lowest BCUT2D eigenvalue weighted by Gasteiger charge is -2.24. The number of anilines is 1. The fourth-order valence-corrected chi connectivity index (χ4v) is 4.76. The standard InChI is InChI=1S/C24H24N2O6S/c1-17-3-6-19(7-4-17)26(33(28,29)21-10-8-20(30-2)9-11-21)15-24(27)25-14-18-5-12-22-23(13-18)32-16-31-22/h3-13H,14-16H2,1-2H3,(H,25,27). The van der Waals surface area contributed by atoms with Crippen LogP contribution in [0.5, 0.6) is 17.2 Å². The lowest BCUT2D eigenvalue weighted by molar-refractivity contribution is -0.119. The first-order valence-electron chi connectivity index (χ1n) is 10.3. The van der Waals surface area contributed by atoms with Crippen molar-refractivity contribution in [1.29, 1.82) is 0 Å². The summed E-state index contributed by atoms with van der Waals surface area (Å²) in [5, 5.41) is 2.78. The third-order valence-electron chi connectivity index (χ3n) is 5.18. The van der Waals surface area contributed by atoms with E-state index in [1.165, 1.54) is 19.2 Å². The molecule has 0 atom stereocenters. The van der Waals surface area contributed by atoms with Gasteiger partial charge in [0.25, 0.3) is 10.0 Å². The quantitative estimate of drug-likeness (QED) is 0.546. The van der Waals surface area contributed by atoms with Gasteiger partial charge < -0.3 is 19.5 Å². The highest BCUT2D eigenvalue weighted by molar-refractivity contribution is 7.92. The summed E-state index contributed by atoms with van der Waals surface area (Å²) in [6, 6.07) is 18.4. The van der Waals surface area contributed by atoms with E-state index < -0.39 is 15.9 Å². The summed E-state index contributed by atoms with van der Waals surface area (Å²) >= 11 is 0. The van der Waals surface area contributed by atoms with Gasteiger partial charge in [-0.15, -0.1) is 0 Å². The van der Waals surface area contributed by atoms with Crippen molar-refractivity contribution < 1.29 is 27.4 Å². The van der Waals surface area contributed by atoms with Gasteiger partial charge in [-0.2, -0.15) is 0 Å². The minimum Gasteiger partial charge on any atom is -0.497 e. The highest BCUT2D eigenvalue weighted by atomic mass is 32.2. The second-order valence-electron chi connectivity index (χ2n) is 7.49. The summed E-state index contributed by atoms with van der Waals surface area (Å²) in [6.07, 6.45) is 0. The number of aryl methyl sites for hydroxylation is 1. The number of rotatable bonds is 8. The van der Waals surface area contributed by atoms with Gasteiger partial charge in [-0.3, -0.25) is 9.10 Å². The van der Waals surface area contributed by atoms with E-state index in [9.17, 15) is 13.2 Å². The first-order chi connectivity index (χ1) is 15.9. The van der Waals surface area contributed by atoms with Crippen LogP contribution in [-0.2, 0) is 21.4 Å². The molecule has 0 saturated heterocycles. The average molecular weight is 469 g/mol. The van der Waals surface area contributed by atoms with Crippen LogP contribution >= 0.6 is 0 Å². The van der Waals surface area contributed by atoms with Crippen molar-refractivity contribution in [2.75, 3.05) is 24.8 Å². The molecule has 4 rings (SSSR count). The first-order valence-corrected chi connectivity index (χ1v) is 11.7. The van der Waals surface area contributed by atoms with E-state index in [2.05, 4.69) is 5.32 Å². The summed E-state index contributed by atoms with van der Waals surface area (Å²) in [7, 11) is -2.49.